The van der Waals surface area contributed by atoms with E-state index in [2.05, 4.69) is 20.9 Å². The van der Waals surface area contributed by atoms with Gasteiger partial charge in [-0.25, -0.2) is 9.37 Å². The van der Waals surface area contributed by atoms with Gasteiger partial charge in [0.25, 0.3) is 0 Å². The van der Waals surface area contributed by atoms with Crippen LogP contribution in [0.2, 0.25) is 0 Å². The van der Waals surface area contributed by atoms with Crippen molar-refractivity contribution in [3.63, 3.8) is 0 Å². The molecule has 2 aliphatic rings. The van der Waals surface area contributed by atoms with E-state index >= 15 is 0 Å². The van der Waals surface area contributed by atoms with E-state index in [-0.39, 0.29) is 17.4 Å². The lowest BCUT2D eigenvalue weighted by Gasteiger charge is -2.50. The molecule has 0 aromatic carbocycles. The molecule has 2 aromatic heterocycles. The Morgan fingerprint density at radius 3 is 3.08 bits per heavy atom. The molecule has 0 spiro atoms. The lowest BCUT2D eigenvalue weighted by Crippen LogP contribution is -2.57. The molecule has 26 heavy (non-hydrogen) atoms. The van der Waals surface area contributed by atoms with Crippen LogP contribution in [0.25, 0.3) is 0 Å². The summed E-state index contributed by atoms with van der Waals surface area (Å²) in [5, 5.41) is 0. The molecule has 2 saturated heterocycles. The predicted molar refractivity (Wildman–Crippen MR) is 95.2 cm³/mol. The van der Waals surface area contributed by atoms with E-state index in [1.54, 1.807) is 18.5 Å². The van der Waals surface area contributed by atoms with Gasteiger partial charge in [0.1, 0.15) is 0 Å². The Balaban J connectivity index is 1.48. The molecule has 0 unspecified atom stereocenters. The van der Waals surface area contributed by atoms with Crippen molar-refractivity contribution in [1.29, 1.82) is 0 Å². The molecule has 2 aromatic rings. The number of piperidine rings is 1. The van der Waals surface area contributed by atoms with Crippen LogP contribution in [0.3, 0.4) is 0 Å². The fourth-order valence-electron chi connectivity index (χ4n) is 4.17. The van der Waals surface area contributed by atoms with Crippen molar-refractivity contribution in [2.24, 2.45) is 5.41 Å². The molecular weight excluding hydrogens is 333 g/mol. The van der Waals surface area contributed by atoms with Crippen LogP contribution < -0.4 is 4.74 Å². The Bertz CT molecular complexity index is 730. The second-order valence-electron chi connectivity index (χ2n) is 7.27. The van der Waals surface area contributed by atoms with E-state index in [1.165, 1.54) is 11.6 Å². The highest BCUT2D eigenvalue weighted by molar-refractivity contribution is 5.14. The third-order valence-electron chi connectivity index (χ3n) is 5.42. The first-order chi connectivity index (χ1) is 12.8. The minimum atomic E-state index is -0.416. The number of rotatable bonds is 5. The standard InChI is InChI=1S/C20H24FN3O2/c21-17-5-2-9-23-19(17)26-15-20-7-3-11-25-18(20)6-10-24(14-20)13-16-4-1-8-22-12-16/h1-2,4-5,8-9,12,18H,3,6-7,10-11,13-15H2/t18-,20+/m0/s1. The van der Waals surface area contributed by atoms with Gasteiger partial charge in [0.05, 0.1) is 12.7 Å². The molecule has 2 atom stereocenters. The van der Waals surface area contributed by atoms with Crippen molar-refractivity contribution in [2.45, 2.75) is 31.9 Å². The van der Waals surface area contributed by atoms with Crippen LogP contribution in [0.4, 0.5) is 4.39 Å². The lowest BCUT2D eigenvalue weighted by atomic mass is 9.73. The van der Waals surface area contributed by atoms with E-state index in [0.29, 0.717) is 6.61 Å². The maximum Gasteiger partial charge on any atom is 0.250 e. The second-order valence-corrected chi connectivity index (χ2v) is 7.27. The van der Waals surface area contributed by atoms with E-state index < -0.39 is 5.82 Å². The van der Waals surface area contributed by atoms with E-state index in [4.69, 9.17) is 9.47 Å². The van der Waals surface area contributed by atoms with Crippen LogP contribution in [0.15, 0.2) is 42.9 Å². The molecule has 138 valence electrons. The van der Waals surface area contributed by atoms with Crippen LogP contribution in [-0.4, -0.2) is 47.3 Å². The van der Waals surface area contributed by atoms with Gasteiger partial charge in [-0.05, 0) is 43.0 Å². The van der Waals surface area contributed by atoms with Crippen LogP contribution in [-0.2, 0) is 11.3 Å². The number of hydrogen-bond acceptors (Lipinski definition) is 5. The molecule has 2 fully saturated rings. The largest absolute Gasteiger partial charge is 0.475 e. The summed E-state index contributed by atoms with van der Waals surface area (Å²) in [5.74, 6) is -0.337. The fraction of sp³-hybridized carbons (Fsp3) is 0.500. The summed E-state index contributed by atoms with van der Waals surface area (Å²) in [6.07, 6.45) is 8.42. The summed E-state index contributed by atoms with van der Waals surface area (Å²) in [4.78, 5) is 10.7. The normalized spacial score (nSPS) is 26.3. The van der Waals surface area contributed by atoms with Gasteiger partial charge in [0.2, 0.25) is 5.88 Å². The number of hydrogen-bond donors (Lipinski definition) is 0. The molecule has 4 heterocycles. The fourth-order valence-corrected chi connectivity index (χ4v) is 4.17. The highest BCUT2D eigenvalue weighted by Gasteiger charge is 2.46. The number of pyridine rings is 2. The smallest absolute Gasteiger partial charge is 0.250 e. The van der Waals surface area contributed by atoms with Gasteiger partial charge < -0.3 is 9.47 Å². The van der Waals surface area contributed by atoms with Crippen molar-refractivity contribution in [2.75, 3.05) is 26.3 Å². The quantitative estimate of drug-likeness (QED) is 0.823. The Kier molecular flexibility index (Phi) is 5.13. The van der Waals surface area contributed by atoms with Gasteiger partial charge in [-0.1, -0.05) is 6.07 Å². The zero-order valence-electron chi connectivity index (χ0n) is 14.8. The Hall–Kier alpha value is -2.05. The van der Waals surface area contributed by atoms with Crippen LogP contribution in [0.5, 0.6) is 5.88 Å². The number of nitrogens with zero attached hydrogens (tertiary/aromatic N) is 3. The third kappa shape index (κ3) is 3.71. The summed E-state index contributed by atoms with van der Waals surface area (Å²) in [6, 6.07) is 7.02. The summed E-state index contributed by atoms with van der Waals surface area (Å²) in [7, 11) is 0. The summed E-state index contributed by atoms with van der Waals surface area (Å²) in [6.45, 7) is 3.95. The number of ether oxygens (including phenoxy) is 2. The molecule has 4 rings (SSSR count). The highest BCUT2D eigenvalue weighted by Crippen LogP contribution is 2.41. The first kappa shape index (κ1) is 17.4. The Morgan fingerprint density at radius 1 is 1.31 bits per heavy atom. The Morgan fingerprint density at radius 2 is 2.23 bits per heavy atom. The van der Waals surface area contributed by atoms with E-state index in [9.17, 15) is 4.39 Å². The summed E-state index contributed by atoms with van der Waals surface area (Å²) >= 11 is 0. The number of fused-ring (bicyclic) bond motifs is 1. The summed E-state index contributed by atoms with van der Waals surface area (Å²) < 4.78 is 25.8. The van der Waals surface area contributed by atoms with Crippen molar-refractivity contribution in [1.82, 2.24) is 14.9 Å². The van der Waals surface area contributed by atoms with Crippen molar-refractivity contribution in [3.05, 3.63) is 54.2 Å². The zero-order chi connectivity index (χ0) is 17.8. The molecule has 0 radical (unpaired) electrons. The van der Waals surface area contributed by atoms with E-state index in [1.807, 2.05) is 12.3 Å². The zero-order valence-corrected chi connectivity index (χ0v) is 14.8. The van der Waals surface area contributed by atoms with Crippen LogP contribution in [0.1, 0.15) is 24.8 Å². The monoisotopic (exact) mass is 357 g/mol. The van der Waals surface area contributed by atoms with Crippen molar-refractivity contribution in [3.8, 4) is 5.88 Å². The first-order valence-corrected chi connectivity index (χ1v) is 9.21. The molecule has 0 amide bonds. The maximum atomic E-state index is 13.9. The average molecular weight is 357 g/mol. The summed E-state index contributed by atoms with van der Waals surface area (Å²) in [5.41, 5.74) is 1.08. The van der Waals surface area contributed by atoms with Gasteiger partial charge in [-0.3, -0.25) is 9.88 Å². The molecule has 0 aliphatic carbocycles. The minimum Gasteiger partial charge on any atom is -0.475 e. The van der Waals surface area contributed by atoms with Gasteiger partial charge in [0.15, 0.2) is 5.82 Å². The van der Waals surface area contributed by atoms with Gasteiger partial charge in [-0.15, -0.1) is 0 Å². The molecule has 5 nitrogen and oxygen atoms in total. The lowest BCUT2D eigenvalue weighted by molar-refractivity contribution is -0.141. The topological polar surface area (TPSA) is 47.5 Å². The number of halogens is 1. The SMILES string of the molecule is Fc1cccnc1OC[C@]12CCCO[C@H]1CCN(Cc1cccnc1)C2. The number of aromatic nitrogens is 2. The van der Waals surface area contributed by atoms with Crippen molar-refractivity contribution >= 4 is 0 Å². The maximum absolute atomic E-state index is 13.9. The van der Waals surface area contributed by atoms with Gasteiger partial charge in [-0.2, -0.15) is 0 Å². The molecule has 0 bridgehead atoms. The molecule has 2 aliphatic heterocycles. The molecular formula is C20H24FN3O2. The molecule has 6 heteroatoms. The molecule has 0 N–H and O–H groups in total. The molecule has 0 saturated carbocycles. The first-order valence-electron chi connectivity index (χ1n) is 9.21. The highest BCUT2D eigenvalue weighted by atomic mass is 19.1. The minimum absolute atomic E-state index is 0.0792. The average Bonchev–Trinajstić information content (AvgIpc) is 2.68. The Labute approximate surface area is 153 Å². The van der Waals surface area contributed by atoms with Crippen molar-refractivity contribution < 1.29 is 13.9 Å². The van der Waals surface area contributed by atoms with Gasteiger partial charge in [0, 0.05) is 50.2 Å². The van der Waals surface area contributed by atoms with Crippen LogP contribution >= 0.6 is 0 Å². The third-order valence-corrected chi connectivity index (χ3v) is 5.42. The number of likely N-dealkylation sites (tertiary alicyclic amines) is 1. The van der Waals surface area contributed by atoms with E-state index in [0.717, 1.165) is 45.5 Å². The van der Waals surface area contributed by atoms with Crippen LogP contribution in [0, 0.1) is 11.2 Å². The second kappa shape index (κ2) is 7.68. The van der Waals surface area contributed by atoms with Gasteiger partial charge >= 0.3 is 0 Å². The predicted octanol–water partition coefficient (Wildman–Crippen LogP) is 3.07.